The fourth-order valence-corrected chi connectivity index (χ4v) is 2.08. The lowest BCUT2D eigenvalue weighted by molar-refractivity contribution is 0.174. The van der Waals surface area contributed by atoms with E-state index < -0.39 is 0 Å². The summed E-state index contributed by atoms with van der Waals surface area (Å²) in [4.78, 5) is 0. The van der Waals surface area contributed by atoms with E-state index in [2.05, 4.69) is 5.32 Å². The topological polar surface area (TPSA) is 56.5 Å². The van der Waals surface area contributed by atoms with Crippen LogP contribution in [0.5, 0.6) is 11.5 Å². The van der Waals surface area contributed by atoms with E-state index in [9.17, 15) is 4.39 Å². The van der Waals surface area contributed by atoms with E-state index in [0.717, 1.165) is 22.6 Å². The number of hydrogen-bond acceptors (Lipinski definition) is 4. The molecule has 1 heterocycles. The summed E-state index contributed by atoms with van der Waals surface area (Å²) in [5, 5.41) is 3.06. The van der Waals surface area contributed by atoms with Gasteiger partial charge in [0, 0.05) is 13.1 Å². The molecule has 0 amide bonds. The van der Waals surface area contributed by atoms with Gasteiger partial charge < -0.3 is 20.5 Å². The van der Waals surface area contributed by atoms with Gasteiger partial charge in [-0.1, -0.05) is 12.1 Å². The van der Waals surface area contributed by atoms with Crippen molar-refractivity contribution in [2.45, 2.75) is 13.1 Å². The van der Waals surface area contributed by atoms with Gasteiger partial charge in [0.2, 0.25) is 6.79 Å². The van der Waals surface area contributed by atoms with Gasteiger partial charge in [0.1, 0.15) is 5.82 Å². The number of hydrogen-bond donors (Lipinski definition) is 2. The first-order valence-electron chi connectivity index (χ1n) is 6.37. The van der Waals surface area contributed by atoms with Crippen LogP contribution in [-0.4, -0.2) is 6.79 Å². The average molecular weight is 274 g/mol. The molecular formula is C15H15FN2O2. The normalized spacial score (nSPS) is 12.5. The van der Waals surface area contributed by atoms with Crippen LogP contribution in [0.15, 0.2) is 36.4 Å². The number of anilines is 1. The third-order valence-electron chi connectivity index (χ3n) is 3.19. The number of nitrogens with one attached hydrogen (secondary N) is 1. The van der Waals surface area contributed by atoms with Crippen LogP contribution >= 0.6 is 0 Å². The Morgan fingerprint density at radius 1 is 1.05 bits per heavy atom. The minimum Gasteiger partial charge on any atom is -0.454 e. The first-order chi connectivity index (χ1) is 9.76. The standard InChI is InChI=1S/C15H15FN2O2/c16-12-5-10(7-17)1-3-13(12)18-8-11-2-4-14-15(6-11)20-9-19-14/h1-6,18H,7-9,17H2. The minimum absolute atomic E-state index is 0.251. The monoisotopic (exact) mass is 274 g/mol. The number of benzene rings is 2. The summed E-state index contributed by atoms with van der Waals surface area (Å²) >= 11 is 0. The molecule has 0 atom stereocenters. The van der Waals surface area contributed by atoms with E-state index in [1.54, 1.807) is 6.07 Å². The van der Waals surface area contributed by atoms with Crippen LogP contribution in [0, 0.1) is 5.82 Å². The third-order valence-corrected chi connectivity index (χ3v) is 3.19. The minimum atomic E-state index is -0.298. The Kier molecular flexibility index (Phi) is 3.43. The summed E-state index contributed by atoms with van der Waals surface area (Å²) in [6.45, 7) is 1.09. The van der Waals surface area contributed by atoms with Gasteiger partial charge in [0.25, 0.3) is 0 Å². The second-order valence-corrected chi connectivity index (χ2v) is 4.56. The van der Waals surface area contributed by atoms with Gasteiger partial charge in [0.15, 0.2) is 11.5 Å². The zero-order chi connectivity index (χ0) is 13.9. The van der Waals surface area contributed by atoms with Gasteiger partial charge in [-0.25, -0.2) is 4.39 Å². The van der Waals surface area contributed by atoms with E-state index in [-0.39, 0.29) is 12.6 Å². The molecule has 0 bridgehead atoms. The highest BCUT2D eigenvalue weighted by molar-refractivity contribution is 5.49. The van der Waals surface area contributed by atoms with Crippen molar-refractivity contribution in [2.75, 3.05) is 12.1 Å². The molecule has 5 heteroatoms. The van der Waals surface area contributed by atoms with Crippen molar-refractivity contribution >= 4 is 5.69 Å². The van der Waals surface area contributed by atoms with Crippen molar-refractivity contribution in [3.8, 4) is 11.5 Å². The van der Waals surface area contributed by atoms with Crippen LogP contribution in [0.3, 0.4) is 0 Å². The maximum absolute atomic E-state index is 13.8. The Morgan fingerprint density at radius 3 is 2.65 bits per heavy atom. The largest absolute Gasteiger partial charge is 0.454 e. The molecule has 3 rings (SSSR count). The van der Waals surface area contributed by atoms with Crippen molar-refractivity contribution in [1.82, 2.24) is 0 Å². The number of halogens is 1. The quantitative estimate of drug-likeness (QED) is 0.900. The average Bonchev–Trinajstić information content (AvgIpc) is 2.93. The van der Waals surface area contributed by atoms with Crippen LogP contribution < -0.4 is 20.5 Å². The smallest absolute Gasteiger partial charge is 0.231 e. The molecule has 0 aromatic heterocycles. The number of rotatable bonds is 4. The van der Waals surface area contributed by atoms with Crippen LogP contribution in [0.25, 0.3) is 0 Å². The molecule has 4 nitrogen and oxygen atoms in total. The SMILES string of the molecule is NCc1ccc(NCc2ccc3c(c2)OCO3)c(F)c1. The molecule has 0 aliphatic carbocycles. The van der Waals surface area contributed by atoms with E-state index in [0.29, 0.717) is 18.8 Å². The Morgan fingerprint density at radius 2 is 1.85 bits per heavy atom. The highest BCUT2D eigenvalue weighted by atomic mass is 19.1. The van der Waals surface area contributed by atoms with Crippen molar-refractivity contribution in [3.05, 3.63) is 53.3 Å². The Balaban J connectivity index is 1.70. The number of ether oxygens (including phenoxy) is 2. The van der Waals surface area contributed by atoms with Gasteiger partial charge in [-0.2, -0.15) is 0 Å². The summed E-state index contributed by atoms with van der Waals surface area (Å²) in [7, 11) is 0. The molecule has 1 aliphatic rings. The summed E-state index contributed by atoms with van der Waals surface area (Å²) in [6.07, 6.45) is 0. The first-order valence-corrected chi connectivity index (χ1v) is 6.37. The molecule has 1 aliphatic heterocycles. The molecule has 2 aromatic carbocycles. The Hall–Kier alpha value is -2.27. The Bertz CT molecular complexity index is 631. The fraction of sp³-hybridized carbons (Fsp3) is 0.200. The van der Waals surface area contributed by atoms with Crippen molar-refractivity contribution in [1.29, 1.82) is 0 Å². The lowest BCUT2D eigenvalue weighted by atomic mass is 10.1. The Labute approximate surface area is 116 Å². The van der Waals surface area contributed by atoms with E-state index in [4.69, 9.17) is 15.2 Å². The van der Waals surface area contributed by atoms with Gasteiger partial charge in [-0.05, 0) is 35.4 Å². The van der Waals surface area contributed by atoms with Crippen molar-refractivity contribution < 1.29 is 13.9 Å². The fourth-order valence-electron chi connectivity index (χ4n) is 2.08. The highest BCUT2D eigenvalue weighted by Gasteiger charge is 2.13. The van der Waals surface area contributed by atoms with E-state index >= 15 is 0 Å². The number of fused-ring (bicyclic) bond motifs is 1. The molecule has 0 spiro atoms. The van der Waals surface area contributed by atoms with Crippen molar-refractivity contribution in [3.63, 3.8) is 0 Å². The molecule has 0 unspecified atom stereocenters. The second-order valence-electron chi connectivity index (χ2n) is 4.56. The molecular weight excluding hydrogens is 259 g/mol. The van der Waals surface area contributed by atoms with Crippen LogP contribution in [0.2, 0.25) is 0 Å². The molecule has 0 saturated carbocycles. The van der Waals surface area contributed by atoms with Crippen LogP contribution in [0.4, 0.5) is 10.1 Å². The van der Waals surface area contributed by atoms with Gasteiger partial charge >= 0.3 is 0 Å². The summed E-state index contributed by atoms with van der Waals surface area (Å²) in [6, 6.07) is 10.6. The lowest BCUT2D eigenvalue weighted by Crippen LogP contribution is -2.03. The summed E-state index contributed by atoms with van der Waals surface area (Å²) < 4.78 is 24.4. The molecule has 20 heavy (non-hydrogen) atoms. The lowest BCUT2D eigenvalue weighted by Gasteiger charge is -2.09. The third kappa shape index (κ3) is 2.53. The molecule has 104 valence electrons. The highest BCUT2D eigenvalue weighted by Crippen LogP contribution is 2.32. The van der Waals surface area contributed by atoms with E-state index in [1.165, 1.54) is 6.07 Å². The predicted molar refractivity (Wildman–Crippen MR) is 74.2 cm³/mol. The summed E-state index contributed by atoms with van der Waals surface area (Å²) in [5.74, 6) is 1.17. The van der Waals surface area contributed by atoms with E-state index in [1.807, 2.05) is 24.3 Å². The zero-order valence-corrected chi connectivity index (χ0v) is 10.9. The van der Waals surface area contributed by atoms with Gasteiger partial charge in [-0.3, -0.25) is 0 Å². The molecule has 0 saturated heterocycles. The molecule has 0 radical (unpaired) electrons. The number of nitrogens with two attached hydrogens (primary N) is 1. The van der Waals surface area contributed by atoms with Crippen LogP contribution in [-0.2, 0) is 13.1 Å². The van der Waals surface area contributed by atoms with Gasteiger partial charge in [0.05, 0.1) is 5.69 Å². The molecule has 2 aromatic rings. The summed E-state index contributed by atoms with van der Waals surface area (Å²) in [5.41, 5.74) is 7.70. The first kappa shape index (κ1) is 12.7. The maximum Gasteiger partial charge on any atom is 0.231 e. The molecule has 0 fully saturated rings. The maximum atomic E-state index is 13.8. The van der Waals surface area contributed by atoms with Crippen LogP contribution in [0.1, 0.15) is 11.1 Å². The second kappa shape index (κ2) is 5.38. The predicted octanol–water partition coefficient (Wildman–Crippen LogP) is 2.63. The van der Waals surface area contributed by atoms with Gasteiger partial charge in [-0.15, -0.1) is 0 Å². The van der Waals surface area contributed by atoms with Crippen molar-refractivity contribution in [2.24, 2.45) is 5.73 Å². The molecule has 3 N–H and O–H groups in total. The zero-order valence-electron chi connectivity index (χ0n) is 10.9.